The monoisotopic (exact) mass is 284 g/mol. The first-order valence-electron chi connectivity index (χ1n) is 4.67. The van der Waals surface area contributed by atoms with E-state index in [1.165, 1.54) is 12.1 Å². The van der Waals surface area contributed by atoms with Crippen molar-refractivity contribution in [3.05, 3.63) is 34.1 Å². The van der Waals surface area contributed by atoms with Gasteiger partial charge in [-0.15, -0.1) is 0 Å². The van der Waals surface area contributed by atoms with Crippen molar-refractivity contribution in [3.63, 3.8) is 0 Å². The van der Waals surface area contributed by atoms with Crippen LogP contribution in [-0.4, -0.2) is 12.5 Å². The van der Waals surface area contributed by atoms with E-state index in [0.717, 1.165) is 0 Å². The zero-order valence-electron chi connectivity index (χ0n) is 8.63. The molecule has 1 amide bonds. The van der Waals surface area contributed by atoms with Gasteiger partial charge in [-0.1, -0.05) is 15.9 Å². The summed E-state index contributed by atoms with van der Waals surface area (Å²) in [7, 11) is 0. The van der Waals surface area contributed by atoms with Crippen molar-refractivity contribution < 1.29 is 9.18 Å². The normalized spacial score (nSPS) is 11.6. The highest BCUT2D eigenvalue weighted by atomic mass is 79.9. The fraction of sp³-hybridized carbons (Fsp3) is 0.273. The molecule has 3 nitrogen and oxygen atoms in total. The third-order valence-electron chi connectivity index (χ3n) is 1.96. The van der Waals surface area contributed by atoms with E-state index in [2.05, 4.69) is 21.2 Å². The Bertz CT molecular complexity index is 442. The molecular weight excluding hydrogens is 275 g/mol. The maximum absolute atomic E-state index is 13.4. The minimum atomic E-state index is -0.587. The maximum atomic E-state index is 13.4. The van der Waals surface area contributed by atoms with E-state index in [0.29, 0.717) is 4.47 Å². The lowest BCUT2D eigenvalue weighted by atomic mass is 10.1. The number of nitrogens with zero attached hydrogens (tertiary/aromatic N) is 1. The van der Waals surface area contributed by atoms with Crippen molar-refractivity contribution in [2.24, 2.45) is 5.92 Å². The zero-order valence-corrected chi connectivity index (χ0v) is 10.2. The second-order valence-corrected chi connectivity index (χ2v) is 4.28. The number of amides is 1. The van der Waals surface area contributed by atoms with Crippen molar-refractivity contribution in [2.45, 2.75) is 6.92 Å². The Morgan fingerprint density at radius 1 is 1.69 bits per heavy atom. The van der Waals surface area contributed by atoms with E-state index in [9.17, 15) is 9.18 Å². The molecule has 1 N–H and O–H groups in total. The largest absolute Gasteiger partial charge is 0.351 e. The Hall–Kier alpha value is -1.41. The Kier molecular flexibility index (Phi) is 4.44. The van der Waals surface area contributed by atoms with Gasteiger partial charge in [0, 0.05) is 11.0 Å². The number of benzene rings is 1. The number of nitrogens with one attached hydrogen (secondary N) is 1. The summed E-state index contributed by atoms with van der Waals surface area (Å²) in [5, 5.41) is 11.0. The molecule has 0 bridgehead atoms. The highest BCUT2D eigenvalue weighted by Crippen LogP contribution is 2.15. The average molecular weight is 285 g/mol. The van der Waals surface area contributed by atoms with Gasteiger partial charge in [-0.25, -0.2) is 4.39 Å². The van der Waals surface area contributed by atoms with Gasteiger partial charge < -0.3 is 5.32 Å². The molecule has 0 aliphatic carbocycles. The lowest BCUT2D eigenvalue weighted by Crippen LogP contribution is -2.28. The highest BCUT2D eigenvalue weighted by Gasteiger charge is 2.12. The number of rotatable bonds is 3. The first-order chi connectivity index (χ1) is 7.54. The molecule has 0 radical (unpaired) electrons. The topological polar surface area (TPSA) is 52.9 Å². The zero-order chi connectivity index (χ0) is 12.1. The number of hydrogen-bond acceptors (Lipinski definition) is 2. The number of nitriles is 1. The lowest BCUT2D eigenvalue weighted by Gasteiger charge is -2.07. The Labute approximate surface area is 101 Å². The summed E-state index contributed by atoms with van der Waals surface area (Å²) in [5.74, 6) is -1.38. The van der Waals surface area contributed by atoms with Crippen molar-refractivity contribution in [1.29, 1.82) is 5.26 Å². The summed E-state index contributed by atoms with van der Waals surface area (Å²) >= 11 is 3.10. The van der Waals surface area contributed by atoms with Crippen LogP contribution < -0.4 is 5.32 Å². The summed E-state index contributed by atoms with van der Waals surface area (Å²) in [5.41, 5.74) is -0.0201. The van der Waals surface area contributed by atoms with Crippen LogP contribution in [0.4, 0.5) is 4.39 Å². The first-order valence-corrected chi connectivity index (χ1v) is 5.46. The molecule has 1 aromatic rings. The number of carbonyl (C=O) groups is 1. The van der Waals surface area contributed by atoms with Crippen LogP contribution in [0.1, 0.15) is 17.3 Å². The molecule has 1 atom stereocenters. The fourth-order valence-electron chi connectivity index (χ4n) is 1.06. The van der Waals surface area contributed by atoms with Gasteiger partial charge in [0.25, 0.3) is 5.91 Å². The summed E-state index contributed by atoms with van der Waals surface area (Å²) in [6.45, 7) is 1.89. The molecule has 1 aromatic carbocycles. The molecule has 1 unspecified atom stereocenters. The molecule has 1 rings (SSSR count). The van der Waals surface area contributed by atoms with Gasteiger partial charge in [0.1, 0.15) is 5.82 Å². The van der Waals surface area contributed by atoms with E-state index >= 15 is 0 Å². The quantitative estimate of drug-likeness (QED) is 0.927. The van der Waals surface area contributed by atoms with E-state index in [1.807, 2.05) is 6.07 Å². The van der Waals surface area contributed by atoms with Gasteiger partial charge in [-0.05, 0) is 25.1 Å². The molecule has 0 fully saturated rings. The van der Waals surface area contributed by atoms with Crippen LogP contribution in [0.15, 0.2) is 22.7 Å². The van der Waals surface area contributed by atoms with Crippen LogP contribution in [0.2, 0.25) is 0 Å². The van der Waals surface area contributed by atoms with Crippen molar-refractivity contribution >= 4 is 21.8 Å². The second-order valence-electron chi connectivity index (χ2n) is 3.36. The van der Waals surface area contributed by atoms with E-state index in [4.69, 9.17) is 5.26 Å². The van der Waals surface area contributed by atoms with Crippen molar-refractivity contribution in [3.8, 4) is 6.07 Å². The van der Waals surface area contributed by atoms with Gasteiger partial charge in [-0.3, -0.25) is 4.79 Å². The minimum absolute atomic E-state index is 0.0201. The van der Waals surface area contributed by atoms with Crippen molar-refractivity contribution in [2.75, 3.05) is 6.54 Å². The molecule has 84 valence electrons. The molecule has 0 aromatic heterocycles. The van der Waals surface area contributed by atoms with Gasteiger partial charge in [-0.2, -0.15) is 5.26 Å². The fourth-order valence-corrected chi connectivity index (χ4v) is 1.39. The van der Waals surface area contributed by atoms with Crippen LogP contribution in [0, 0.1) is 23.1 Å². The Morgan fingerprint density at radius 2 is 2.38 bits per heavy atom. The molecule has 16 heavy (non-hydrogen) atoms. The standard InChI is InChI=1S/C11H10BrFN2O/c1-7(5-14)6-15-11(16)9-3-2-8(12)4-10(9)13/h2-4,7H,6H2,1H3,(H,15,16). The van der Waals surface area contributed by atoms with Crippen LogP contribution in [0.3, 0.4) is 0 Å². The van der Waals surface area contributed by atoms with E-state index < -0.39 is 11.7 Å². The average Bonchev–Trinajstić information content (AvgIpc) is 2.25. The van der Waals surface area contributed by atoms with Crippen molar-refractivity contribution in [1.82, 2.24) is 5.32 Å². The van der Waals surface area contributed by atoms with Crippen LogP contribution in [-0.2, 0) is 0 Å². The summed E-state index contributed by atoms with van der Waals surface area (Å²) in [4.78, 5) is 11.5. The first kappa shape index (κ1) is 12.7. The van der Waals surface area contributed by atoms with Crippen LogP contribution in [0.25, 0.3) is 0 Å². The van der Waals surface area contributed by atoms with Gasteiger partial charge in [0.2, 0.25) is 0 Å². The van der Waals surface area contributed by atoms with E-state index in [-0.39, 0.29) is 18.0 Å². The lowest BCUT2D eigenvalue weighted by molar-refractivity contribution is 0.0946. The molecule has 5 heteroatoms. The van der Waals surface area contributed by atoms with Gasteiger partial charge >= 0.3 is 0 Å². The third kappa shape index (κ3) is 3.31. The molecule has 0 heterocycles. The predicted octanol–water partition coefficient (Wildman–Crippen LogP) is 2.48. The predicted molar refractivity (Wildman–Crippen MR) is 61.2 cm³/mol. The molecular formula is C11H10BrFN2O. The molecule has 0 saturated heterocycles. The second kappa shape index (κ2) is 5.61. The maximum Gasteiger partial charge on any atom is 0.254 e. The SMILES string of the molecule is CC(C#N)CNC(=O)c1ccc(Br)cc1F. The van der Waals surface area contributed by atoms with Gasteiger partial charge in [0.15, 0.2) is 0 Å². The molecule has 0 aliphatic rings. The smallest absolute Gasteiger partial charge is 0.254 e. The number of hydrogen-bond donors (Lipinski definition) is 1. The highest BCUT2D eigenvalue weighted by molar-refractivity contribution is 9.10. The number of carbonyl (C=O) groups excluding carboxylic acids is 1. The van der Waals surface area contributed by atoms with Crippen LogP contribution in [0.5, 0.6) is 0 Å². The Morgan fingerprint density at radius 3 is 2.94 bits per heavy atom. The molecule has 0 saturated carbocycles. The minimum Gasteiger partial charge on any atom is -0.351 e. The Balaban J connectivity index is 2.71. The molecule has 0 spiro atoms. The van der Waals surface area contributed by atoms with Crippen LogP contribution >= 0.6 is 15.9 Å². The molecule has 0 aliphatic heterocycles. The number of halogens is 2. The van der Waals surface area contributed by atoms with E-state index in [1.54, 1.807) is 13.0 Å². The summed E-state index contributed by atoms with van der Waals surface area (Å²) < 4.78 is 13.9. The summed E-state index contributed by atoms with van der Waals surface area (Å²) in [6, 6.07) is 6.19. The summed E-state index contributed by atoms with van der Waals surface area (Å²) in [6.07, 6.45) is 0. The third-order valence-corrected chi connectivity index (χ3v) is 2.46. The van der Waals surface area contributed by atoms with Gasteiger partial charge in [0.05, 0.1) is 17.6 Å².